The zero-order chi connectivity index (χ0) is 21.3. The van der Waals surface area contributed by atoms with E-state index in [-0.39, 0.29) is 12.1 Å². The summed E-state index contributed by atoms with van der Waals surface area (Å²) in [7, 11) is 0. The molecule has 1 N–H and O–H groups in total. The molecule has 3 rings (SSSR count). The van der Waals surface area contributed by atoms with Crippen molar-refractivity contribution in [1.29, 1.82) is 5.26 Å². The second-order valence-corrected chi connectivity index (χ2v) is 6.74. The zero-order valence-electron chi connectivity index (χ0n) is 16.8. The van der Waals surface area contributed by atoms with E-state index >= 15 is 0 Å². The molecule has 0 radical (unpaired) electrons. The summed E-state index contributed by atoms with van der Waals surface area (Å²) >= 11 is 0. The van der Waals surface area contributed by atoms with Crippen LogP contribution in [0.15, 0.2) is 16.9 Å². The molecule has 0 fully saturated rings. The number of nitriles is 1. The van der Waals surface area contributed by atoms with E-state index in [1.807, 2.05) is 26.0 Å². The summed E-state index contributed by atoms with van der Waals surface area (Å²) < 4.78 is 2.42. The zero-order valence-corrected chi connectivity index (χ0v) is 16.8. The highest BCUT2D eigenvalue weighted by atomic mass is 16.2. The van der Waals surface area contributed by atoms with Gasteiger partial charge in [0.2, 0.25) is 5.91 Å². The minimum Gasteiger partial charge on any atom is -0.309 e. The third-order valence-electron chi connectivity index (χ3n) is 4.30. The second-order valence-electron chi connectivity index (χ2n) is 6.74. The largest absolute Gasteiger partial charge is 0.309 e. The Morgan fingerprint density at radius 1 is 1.07 bits per heavy atom. The Bertz CT molecular complexity index is 1200. The van der Waals surface area contributed by atoms with E-state index in [0.29, 0.717) is 28.7 Å². The number of hydrogen-bond acceptors (Lipinski definition) is 7. The predicted molar refractivity (Wildman–Crippen MR) is 105 cm³/mol. The molecule has 3 aromatic heterocycles. The van der Waals surface area contributed by atoms with Gasteiger partial charge in [0, 0.05) is 17.5 Å². The number of rotatable bonds is 4. The number of anilines is 1. The van der Waals surface area contributed by atoms with Crippen LogP contribution in [0.4, 0.5) is 5.82 Å². The van der Waals surface area contributed by atoms with E-state index in [1.165, 1.54) is 4.68 Å². The van der Waals surface area contributed by atoms with Crippen LogP contribution >= 0.6 is 0 Å². The molecule has 0 unspecified atom stereocenters. The molecule has 0 aliphatic rings. The molecule has 1 amide bonds. The lowest BCUT2D eigenvalue weighted by atomic mass is 10.1. The topological polar surface area (TPSA) is 131 Å². The SMILES string of the molecule is Cc1cc(C)nc(-n2nc(C)cc2NC(=O)Cn2nc(C)c(C)c(C#N)c2=O)n1. The highest BCUT2D eigenvalue weighted by Gasteiger charge is 2.17. The lowest BCUT2D eigenvalue weighted by Crippen LogP contribution is -2.32. The van der Waals surface area contributed by atoms with Crippen LogP contribution < -0.4 is 10.9 Å². The first-order valence-corrected chi connectivity index (χ1v) is 8.87. The molecule has 0 saturated heterocycles. The van der Waals surface area contributed by atoms with Gasteiger partial charge in [0.15, 0.2) is 0 Å². The molecule has 10 nitrogen and oxygen atoms in total. The van der Waals surface area contributed by atoms with Crippen LogP contribution in [0.1, 0.15) is 33.9 Å². The van der Waals surface area contributed by atoms with E-state index in [0.717, 1.165) is 16.1 Å². The molecule has 148 valence electrons. The van der Waals surface area contributed by atoms with E-state index in [9.17, 15) is 14.9 Å². The van der Waals surface area contributed by atoms with Crippen molar-refractivity contribution in [1.82, 2.24) is 29.5 Å². The van der Waals surface area contributed by atoms with Crippen molar-refractivity contribution in [3.8, 4) is 12.0 Å². The standard InChI is InChI=1S/C19H20N8O2/c1-10-6-11(2)22-19(21-10)27-16(7-12(3)24-27)23-17(28)9-26-18(29)15(8-20)13(4)14(5)25-26/h6-7H,9H2,1-5H3,(H,23,28). The van der Waals surface area contributed by atoms with Crippen molar-refractivity contribution >= 4 is 11.7 Å². The second kappa shape index (κ2) is 7.63. The number of nitrogens with one attached hydrogen (secondary N) is 1. The fraction of sp³-hybridized carbons (Fsp3) is 0.316. The molecule has 0 saturated carbocycles. The number of aryl methyl sites for hydroxylation is 4. The minimum atomic E-state index is -0.604. The quantitative estimate of drug-likeness (QED) is 0.707. The van der Waals surface area contributed by atoms with E-state index < -0.39 is 11.5 Å². The van der Waals surface area contributed by atoms with Crippen LogP contribution in [0.3, 0.4) is 0 Å². The first-order chi connectivity index (χ1) is 13.7. The van der Waals surface area contributed by atoms with E-state index in [4.69, 9.17) is 0 Å². The van der Waals surface area contributed by atoms with Gasteiger partial charge >= 0.3 is 0 Å². The lowest BCUT2D eigenvalue weighted by Gasteiger charge is -2.11. The first-order valence-electron chi connectivity index (χ1n) is 8.87. The van der Waals surface area contributed by atoms with Crippen molar-refractivity contribution in [3.63, 3.8) is 0 Å². The van der Waals surface area contributed by atoms with Gasteiger partial charge in [-0.2, -0.15) is 20.1 Å². The Balaban J connectivity index is 1.91. The first kappa shape index (κ1) is 19.9. The van der Waals surface area contributed by atoms with Crippen LogP contribution in [0.2, 0.25) is 0 Å². The summed E-state index contributed by atoms with van der Waals surface area (Å²) in [5.41, 5.74) is 2.60. The third kappa shape index (κ3) is 4.03. The minimum absolute atomic E-state index is 0.0187. The van der Waals surface area contributed by atoms with Crippen LogP contribution in [0, 0.1) is 45.9 Å². The molecule has 3 aromatic rings. The number of aromatic nitrogens is 6. The Morgan fingerprint density at radius 2 is 1.72 bits per heavy atom. The number of carbonyl (C=O) groups is 1. The molecule has 0 spiro atoms. The highest BCUT2D eigenvalue weighted by Crippen LogP contribution is 2.15. The van der Waals surface area contributed by atoms with Crippen molar-refractivity contribution in [3.05, 3.63) is 56.4 Å². The summed E-state index contributed by atoms with van der Waals surface area (Å²) in [5, 5.41) is 20.4. The summed E-state index contributed by atoms with van der Waals surface area (Å²) in [5.74, 6) is 0.214. The summed E-state index contributed by atoms with van der Waals surface area (Å²) in [6.45, 7) is 8.46. The van der Waals surface area contributed by atoms with Gasteiger partial charge in [-0.3, -0.25) is 9.59 Å². The van der Waals surface area contributed by atoms with Crippen molar-refractivity contribution in [2.45, 2.75) is 41.2 Å². The Morgan fingerprint density at radius 3 is 2.34 bits per heavy atom. The van der Waals surface area contributed by atoms with Gasteiger partial charge < -0.3 is 5.32 Å². The molecule has 29 heavy (non-hydrogen) atoms. The smallest absolute Gasteiger partial charge is 0.285 e. The van der Waals surface area contributed by atoms with Gasteiger partial charge in [0.25, 0.3) is 11.5 Å². The highest BCUT2D eigenvalue weighted by molar-refractivity contribution is 5.89. The van der Waals surface area contributed by atoms with Crippen LogP contribution in [0.5, 0.6) is 0 Å². The van der Waals surface area contributed by atoms with Gasteiger partial charge in [0.1, 0.15) is 24.0 Å². The van der Waals surface area contributed by atoms with Gasteiger partial charge in [-0.25, -0.2) is 14.6 Å². The average molecular weight is 392 g/mol. The third-order valence-corrected chi connectivity index (χ3v) is 4.30. The molecule has 0 aromatic carbocycles. The molecule has 3 heterocycles. The Hall–Kier alpha value is -3.87. The van der Waals surface area contributed by atoms with Crippen molar-refractivity contribution in [2.75, 3.05) is 5.32 Å². The molecule has 10 heteroatoms. The van der Waals surface area contributed by atoms with E-state index in [2.05, 4.69) is 25.5 Å². The van der Waals surface area contributed by atoms with Crippen LogP contribution in [-0.4, -0.2) is 35.4 Å². The number of nitrogens with zero attached hydrogens (tertiary/aromatic N) is 7. The van der Waals surface area contributed by atoms with Crippen LogP contribution in [0.25, 0.3) is 5.95 Å². The molecule has 0 aliphatic heterocycles. The lowest BCUT2D eigenvalue weighted by molar-refractivity contribution is -0.117. The number of hydrogen-bond donors (Lipinski definition) is 1. The summed E-state index contributed by atoms with van der Waals surface area (Å²) in [6, 6.07) is 5.39. The molecule has 0 atom stereocenters. The number of amides is 1. The van der Waals surface area contributed by atoms with Gasteiger partial charge in [-0.1, -0.05) is 0 Å². The van der Waals surface area contributed by atoms with Crippen molar-refractivity contribution in [2.24, 2.45) is 0 Å². The van der Waals surface area contributed by atoms with Gasteiger partial charge in [-0.15, -0.1) is 0 Å². The molecular formula is C19H20N8O2. The molecular weight excluding hydrogens is 372 g/mol. The summed E-state index contributed by atoms with van der Waals surface area (Å²) in [6.07, 6.45) is 0. The average Bonchev–Trinajstić information content (AvgIpc) is 2.99. The molecule has 0 bridgehead atoms. The van der Waals surface area contributed by atoms with Crippen molar-refractivity contribution < 1.29 is 4.79 Å². The maximum atomic E-state index is 12.6. The molecule has 0 aliphatic carbocycles. The van der Waals surface area contributed by atoms with Gasteiger partial charge in [0.05, 0.1) is 11.4 Å². The summed E-state index contributed by atoms with van der Waals surface area (Å²) in [4.78, 5) is 33.7. The Kier molecular flexibility index (Phi) is 5.23. The van der Waals surface area contributed by atoms with E-state index in [1.54, 1.807) is 26.8 Å². The fourth-order valence-electron chi connectivity index (χ4n) is 2.87. The normalized spacial score (nSPS) is 10.6. The fourth-order valence-corrected chi connectivity index (χ4v) is 2.87. The predicted octanol–water partition coefficient (Wildman–Crippen LogP) is 1.27. The number of carbonyl (C=O) groups excluding carboxylic acids is 1. The van der Waals surface area contributed by atoms with Crippen LogP contribution in [-0.2, 0) is 11.3 Å². The maximum Gasteiger partial charge on any atom is 0.285 e. The maximum absolute atomic E-state index is 12.6. The van der Waals surface area contributed by atoms with Gasteiger partial charge in [-0.05, 0) is 46.2 Å². The Labute approximate surface area is 166 Å². The monoisotopic (exact) mass is 392 g/mol.